The summed E-state index contributed by atoms with van der Waals surface area (Å²) in [6, 6.07) is 9.73. The second-order valence-electron chi connectivity index (χ2n) is 7.77. The van der Waals surface area contributed by atoms with Crippen LogP contribution in [0.3, 0.4) is 0 Å². The summed E-state index contributed by atoms with van der Waals surface area (Å²) in [6.45, 7) is 2.13. The number of H-pyrrole nitrogens is 1. The minimum atomic E-state index is -0.334. The molecule has 3 heterocycles. The van der Waals surface area contributed by atoms with Gasteiger partial charge in [0, 0.05) is 29.3 Å². The Morgan fingerprint density at radius 1 is 1.13 bits per heavy atom. The molecular formula is C25H23N3O3. The molecule has 0 unspecified atom stereocenters. The van der Waals surface area contributed by atoms with Gasteiger partial charge in [0.25, 0.3) is 5.91 Å². The molecule has 3 aromatic rings. The number of nitrogens with zero attached hydrogens (tertiary/aromatic N) is 1. The number of amides is 1. The standard InChI is InChI=1S/C25H23N3O3/c1-2-31-25(30)23-18-7-4-3-6-17(18)21(27-23)14-19-22-16(15-10-12-26-13-11-15)8-5-9-20(22)28-24(19)29/h5,8-14,27H,2-4,6-7H2,1H3,(H,28,29)/b19-14-. The number of rotatable bonds is 4. The van der Waals surface area contributed by atoms with Crippen molar-refractivity contribution in [2.24, 2.45) is 0 Å². The fraction of sp³-hybridized carbons (Fsp3) is 0.240. The van der Waals surface area contributed by atoms with Crippen LogP contribution in [0.4, 0.5) is 5.69 Å². The number of carbonyl (C=O) groups excluding carboxylic acids is 2. The van der Waals surface area contributed by atoms with Gasteiger partial charge >= 0.3 is 5.97 Å². The Labute approximate surface area is 180 Å². The van der Waals surface area contributed by atoms with Crippen LogP contribution in [-0.2, 0) is 22.4 Å². The molecule has 2 aliphatic rings. The third-order valence-electron chi connectivity index (χ3n) is 5.94. The molecular weight excluding hydrogens is 390 g/mol. The van der Waals surface area contributed by atoms with Gasteiger partial charge in [-0.2, -0.15) is 0 Å². The molecule has 1 aliphatic carbocycles. The molecule has 0 radical (unpaired) electrons. The lowest BCUT2D eigenvalue weighted by atomic mass is 9.90. The van der Waals surface area contributed by atoms with Crippen molar-refractivity contribution >= 4 is 29.2 Å². The minimum Gasteiger partial charge on any atom is -0.461 e. The first-order valence-electron chi connectivity index (χ1n) is 10.6. The van der Waals surface area contributed by atoms with Crippen LogP contribution >= 0.6 is 0 Å². The van der Waals surface area contributed by atoms with Gasteiger partial charge in [-0.15, -0.1) is 0 Å². The van der Waals surface area contributed by atoms with Crippen LogP contribution in [0.1, 0.15) is 52.6 Å². The zero-order chi connectivity index (χ0) is 21.4. The normalized spacial score (nSPS) is 16.0. The Bertz CT molecular complexity index is 1210. The molecule has 0 saturated carbocycles. The second-order valence-corrected chi connectivity index (χ2v) is 7.77. The zero-order valence-electron chi connectivity index (χ0n) is 17.3. The van der Waals surface area contributed by atoms with Crippen LogP contribution < -0.4 is 5.32 Å². The van der Waals surface area contributed by atoms with E-state index in [9.17, 15) is 9.59 Å². The van der Waals surface area contributed by atoms with Gasteiger partial charge in [0.05, 0.1) is 12.2 Å². The molecule has 1 amide bonds. The van der Waals surface area contributed by atoms with Crippen molar-refractivity contribution in [3.8, 4) is 11.1 Å². The van der Waals surface area contributed by atoms with Crippen LogP contribution in [0.2, 0.25) is 0 Å². The Morgan fingerprint density at radius 3 is 2.68 bits per heavy atom. The largest absolute Gasteiger partial charge is 0.461 e. The number of esters is 1. The van der Waals surface area contributed by atoms with Crippen molar-refractivity contribution in [3.63, 3.8) is 0 Å². The van der Waals surface area contributed by atoms with E-state index >= 15 is 0 Å². The molecule has 2 N–H and O–H groups in total. The van der Waals surface area contributed by atoms with Crippen LogP contribution in [0.15, 0.2) is 42.7 Å². The number of hydrogen-bond acceptors (Lipinski definition) is 4. The fourth-order valence-electron chi connectivity index (χ4n) is 4.57. The quantitative estimate of drug-likeness (QED) is 0.483. The molecule has 1 aromatic carbocycles. The van der Waals surface area contributed by atoms with E-state index in [0.717, 1.165) is 64.9 Å². The molecule has 0 atom stereocenters. The molecule has 0 fully saturated rings. The highest BCUT2D eigenvalue weighted by molar-refractivity contribution is 6.36. The zero-order valence-corrected chi connectivity index (χ0v) is 17.3. The summed E-state index contributed by atoms with van der Waals surface area (Å²) in [5.74, 6) is -0.479. The number of nitrogens with one attached hydrogen (secondary N) is 2. The number of aromatic nitrogens is 2. The molecule has 5 rings (SSSR count). The van der Waals surface area contributed by atoms with Crippen molar-refractivity contribution in [2.75, 3.05) is 11.9 Å². The highest BCUT2D eigenvalue weighted by atomic mass is 16.5. The van der Waals surface area contributed by atoms with E-state index in [1.165, 1.54) is 0 Å². The van der Waals surface area contributed by atoms with Crippen LogP contribution in [0, 0.1) is 0 Å². The molecule has 6 heteroatoms. The summed E-state index contributed by atoms with van der Waals surface area (Å²) >= 11 is 0. The average molecular weight is 413 g/mol. The van der Waals surface area contributed by atoms with Gasteiger partial charge in [-0.05, 0) is 79.1 Å². The molecule has 0 saturated heterocycles. The molecule has 6 nitrogen and oxygen atoms in total. The second kappa shape index (κ2) is 7.87. The maximum atomic E-state index is 12.9. The number of hydrogen-bond donors (Lipinski definition) is 2. The molecule has 0 spiro atoms. The fourth-order valence-corrected chi connectivity index (χ4v) is 4.57. The number of fused-ring (bicyclic) bond motifs is 2. The van der Waals surface area contributed by atoms with Crippen molar-refractivity contribution in [1.29, 1.82) is 0 Å². The summed E-state index contributed by atoms with van der Waals surface area (Å²) in [7, 11) is 0. The molecule has 0 bridgehead atoms. The van der Waals surface area contributed by atoms with E-state index in [1.54, 1.807) is 19.3 Å². The van der Waals surface area contributed by atoms with E-state index in [-0.39, 0.29) is 11.9 Å². The van der Waals surface area contributed by atoms with Crippen molar-refractivity contribution < 1.29 is 14.3 Å². The first-order chi connectivity index (χ1) is 15.2. The van der Waals surface area contributed by atoms with Gasteiger partial charge in [0.1, 0.15) is 5.69 Å². The lowest BCUT2D eigenvalue weighted by Crippen LogP contribution is -2.10. The summed E-state index contributed by atoms with van der Waals surface area (Å²) in [4.78, 5) is 32.8. The Balaban J connectivity index is 1.66. The smallest absolute Gasteiger partial charge is 0.355 e. The minimum absolute atomic E-state index is 0.145. The maximum Gasteiger partial charge on any atom is 0.355 e. The average Bonchev–Trinajstić information content (AvgIpc) is 3.32. The summed E-state index contributed by atoms with van der Waals surface area (Å²) in [6.07, 6.45) is 9.21. The number of benzene rings is 1. The van der Waals surface area contributed by atoms with E-state index < -0.39 is 0 Å². The van der Waals surface area contributed by atoms with Gasteiger partial charge in [-0.3, -0.25) is 9.78 Å². The van der Waals surface area contributed by atoms with Gasteiger partial charge in [-0.25, -0.2) is 4.79 Å². The van der Waals surface area contributed by atoms with Gasteiger partial charge in [-0.1, -0.05) is 12.1 Å². The SMILES string of the molecule is CCOC(=O)c1[nH]c(/C=C2\C(=O)Nc3cccc(-c4ccncc4)c32)c2c1CCCC2. The molecule has 156 valence electrons. The lowest BCUT2D eigenvalue weighted by molar-refractivity contribution is -0.110. The summed E-state index contributed by atoms with van der Waals surface area (Å²) in [5.41, 5.74) is 7.69. The summed E-state index contributed by atoms with van der Waals surface area (Å²) < 4.78 is 5.26. The van der Waals surface area contributed by atoms with Crippen LogP contribution in [-0.4, -0.2) is 28.5 Å². The van der Waals surface area contributed by atoms with Gasteiger partial charge < -0.3 is 15.0 Å². The topological polar surface area (TPSA) is 84.1 Å². The number of ether oxygens (including phenoxy) is 1. The van der Waals surface area contributed by atoms with Crippen molar-refractivity contribution in [3.05, 3.63) is 70.8 Å². The van der Waals surface area contributed by atoms with Crippen molar-refractivity contribution in [2.45, 2.75) is 32.6 Å². The van der Waals surface area contributed by atoms with Crippen molar-refractivity contribution in [1.82, 2.24) is 9.97 Å². The maximum absolute atomic E-state index is 12.9. The van der Waals surface area contributed by atoms with E-state index in [1.807, 2.05) is 36.4 Å². The molecule has 31 heavy (non-hydrogen) atoms. The van der Waals surface area contributed by atoms with E-state index in [0.29, 0.717) is 17.9 Å². The highest BCUT2D eigenvalue weighted by Gasteiger charge is 2.29. The monoisotopic (exact) mass is 413 g/mol. The first-order valence-corrected chi connectivity index (χ1v) is 10.6. The van der Waals surface area contributed by atoms with E-state index in [2.05, 4.69) is 15.3 Å². The highest BCUT2D eigenvalue weighted by Crippen LogP contribution is 2.41. The van der Waals surface area contributed by atoms with Crippen LogP contribution in [0.5, 0.6) is 0 Å². The lowest BCUT2D eigenvalue weighted by Gasteiger charge is -2.13. The third-order valence-corrected chi connectivity index (χ3v) is 5.94. The number of carbonyl (C=O) groups is 2. The first kappa shape index (κ1) is 19.3. The molecule has 2 aromatic heterocycles. The Hall–Kier alpha value is -3.67. The third kappa shape index (κ3) is 3.34. The number of anilines is 1. The van der Waals surface area contributed by atoms with Gasteiger partial charge in [0.2, 0.25) is 0 Å². The summed E-state index contributed by atoms with van der Waals surface area (Å²) in [5, 5.41) is 2.98. The Morgan fingerprint density at radius 2 is 1.90 bits per heavy atom. The number of aromatic amines is 1. The predicted octanol–water partition coefficient (Wildman–Crippen LogP) is 4.62. The predicted molar refractivity (Wildman–Crippen MR) is 120 cm³/mol. The van der Waals surface area contributed by atoms with E-state index in [4.69, 9.17) is 4.74 Å². The number of pyridine rings is 1. The van der Waals surface area contributed by atoms with Gasteiger partial charge in [0.15, 0.2) is 0 Å². The molecule has 1 aliphatic heterocycles. The Kier molecular flexibility index (Phi) is 4.90. The van der Waals surface area contributed by atoms with Crippen LogP contribution in [0.25, 0.3) is 22.8 Å².